The zero-order chi connectivity index (χ0) is 26.7. The van der Waals surface area contributed by atoms with Gasteiger partial charge >= 0.3 is 6.03 Å². The van der Waals surface area contributed by atoms with Crippen LogP contribution in [0.1, 0.15) is 57.7 Å². The number of hydrogen-bond acceptors (Lipinski definition) is 4. The molecule has 2 N–H and O–H groups in total. The van der Waals surface area contributed by atoms with Crippen molar-refractivity contribution >= 4 is 29.4 Å². The normalized spacial score (nSPS) is 17.7. The van der Waals surface area contributed by atoms with Crippen molar-refractivity contribution in [3.05, 3.63) is 65.2 Å². The molecule has 3 rings (SSSR count). The third-order valence-electron chi connectivity index (χ3n) is 6.50. The molecule has 1 heterocycles. The molecule has 2 aromatic rings. The molecule has 0 bridgehead atoms. The van der Waals surface area contributed by atoms with Gasteiger partial charge in [0.25, 0.3) is 5.91 Å². The average Bonchev–Trinajstić information content (AvgIpc) is 3.03. The molecule has 5 amide bonds. The van der Waals surface area contributed by atoms with Crippen molar-refractivity contribution in [2.24, 2.45) is 0 Å². The number of carbonyl (C=O) groups excluding carboxylic acids is 4. The summed E-state index contributed by atoms with van der Waals surface area (Å²) in [6.07, 6.45) is 0.626. The smallest absolute Gasteiger partial charge is 0.325 e. The summed E-state index contributed by atoms with van der Waals surface area (Å²) in [7, 11) is 0. The van der Waals surface area contributed by atoms with Crippen molar-refractivity contribution in [1.29, 1.82) is 0 Å². The molecule has 0 unspecified atom stereocenters. The first kappa shape index (κ1) is 26.9. The van der Waals surface area contributed by atoms with Gasteiger partial charge in [-0.1, -0.05) is 70.2 Å². The first-order chi connectivity index (χ1) is 16.9. The summed E-state index contributed by atoms with van der Waals surface area (Å²) >= 11 is 0. The lowest BCUT2D eigenvalue weighted by molar-refractivity contribution is -0.140. The average molecular weight is 493 g/mol. The number of amides is 5. The molecule has 0 radical (unpaired) electrons. The highest BCUT2D eigenvalue weighted by Gasteiger charge is 2.49. The Balaban J connectivity index is 1.71. The number of imide groups is 1. The summed E-state index contributed by atoms with van der Waals surface area (Å²) in [6.45, 7) is 11.4. The first-order valence-corrected chi connectivity index (χ1v) is 12.2. The van der Waals surface area contributed by atoms with E-state index in [0.717, 1.165) is 16.0 Å². The van der Waals surface area contributed by atoms with Crippen molar-refractivity contribution in [3.63, 3.8) is 0 Å². The predicted octanol–water partition coefficient (Wildman–Crippen LogP) is 3.94. The molecule has 0 saturated carbocycles. The third kappa shape index (κ3) is 5.75. The summed E-state index contributed by atoms with van der Waals surface area (Å²) in [6, 6.07) is 14.3. The van der Waals surface area contributed by atoms with E-state index < -0.39 is 29.9 Å². The predicted molar refractivity (Wildman–Crippen MR) is 139 cm³/mol. The Morgan fingerprint density at radius 3 is 2.28 bits per heavy atom. The molecular formula is C28H36N4O4. The van der Waals surface area contributed by atoms with Gasteiger partial charge in [-0.15, -0.1) is 0 Å². The number of rotatable bonds is 8. The lowest BCUT2D eigenvalue weighted by Gasteiger charge is -2.26. The van der Waals surface area contributed by atoms with Crippen molar-refractivity contribution in [2.75, 3.05) is 25.0 Å². The second kappa shape index (κ2) is 10.5. The minimum atomic E-state index is -1.27. The van der Waals surface area contributed by atoms with Gasteiger partial charge < -0.3 is 15.5 Å². The highest BCUT2D eigenvalue weighted by atomic mass is 16.2. The maximum Gasteiger partial charge on any atom is 0.325 e. The van der Waals surface area contributed by atoms with E-state index in [2.05, 4.69) is 31.4 Å². The van der Waals surface area contributed by atoms with Crippen LogP contribution >= 0.6 is 0 Å². The summed E-state index contributed by atoms with van der Waals surface area (Å²) < 4.78 is 0. The molecule has 1 saturated heterocycles. The number of nitrogens with one attached hydrogen (secondary N) is 2. The quantitative estimate of drug-likeness (QED) is 0.546. The van der Waals surface area contributed by atoms with Gasteiger partial charge in [0, 0.05) is 12.2 Å². The summed E-state index contributed by atoms with van der Waals surface area (Å²) in [5, 5.41) is 5.57. The summed E-state index contributed by atoms with van der Waals surface area (Å²) in [4.78, 5) is 54.2. The topological polar surface area (TPSA) is 98.8 Å². The Morgan fingerprint density at radius 1 is 1.06 bits per heavy atom. The van der Waals surface area contributed by atoms with Crippen molar-refractivity contribution in [1.82, 2.24) is 15.1 Å². The van der Waals surface area contributed by atoms with Crippen LogP contribution < -0.4 is 10.6 Å². The minimum Gasteiger partial charge on any atom is -0.332 e. The SMILES string of the molecule is CCCN(CC(=O)Nc1ccccc1C)C(=O)CN1C(=O)N[C@@](C)(c2ccc(C(C)(C)C)cc2)C1=O. The standard InChI is InChI=1S/C28H36N4O4/c1-7-16-31(17-23(33)29-22-11-9-8-10-19(22)2)24(34)18-32-25(35)28(6,30-26(32)36)21-14-12-20(13-15-21)27(3,4)5/h8-15H,7,16-18H2,1-6H3,(H,29,33)(H,30,36)/t28-/m0/s1. The zero-order valence-electron chi connectivity index (χ0n) is 22.0. The molecule has 0 aromatic heterocycles. The fourth-order valence-electron chi connectivity index (χ4n) is 4.21. The van der Waals surface area contributed by atoms with Gasteiger partial charge in [-0.25, -0.2) is 4.79 Å². The molecule has 1 atom stereocenters. The Labute approximate surface area is 213 Å². The molecule has 1 aliphatic rings. The maximum absolute atomic E-state index is 13.3. The maximum atomic E-state index is 13.3. The number of urea groups is 1. The summed E-state index contributed by atoms with van der Waals surface area (Å²) in [5.41, 5.74) is 2.02. The number of benzene rings is 2. The number of nitrogens with zero attached hydrogens (tertiary/aromatic N) is 2. The van der Waals surface area contributed by atoms with Crippen LogP contribution in [-0.2, 0) is 25.3 Å². The van der Waals surface area contributed by atoms with Crippen LogP contribution in [0.25, 0.3) is 0 Å². The van der Waals surface area contributed by atoms with Crippen molar-refractivity contribution in [3.8, 4) is 0 Å². The molecule has 192 valence electrons. The third-order valence-corrected chi connectivity index (χ3v) is 6.50. The molecular weight excluding hydrogens is 456 g/mol. The van der Waals surface area contributed by atoms with Crippen LogP contribution in [0.2, 0.25) is 0 Å². The molecule has 1 aliphatic heterocycles. The molecule has 8 heteroatoms. The van der Waals surface area contributed by atoms with Crippen LogP contribution in [0, 0.1) is 6.92 Å². The van der Waals surface area contributed by atoms with Crippen LogP contribution in [-0.4, -0.2) is 53.2 Å². The van der Waals surface area contributed by atoms with Crippen LogP contribution in [0.15, 0.2) is 48.5 Å². The minimum absolute atomic E-state index is 0.0466. The van der Waals surface area contributed by atoms with Gasteiger partial charge in [-0.3, -0.25) is 19.3 Å². The van der Waals surface area contributed by atoms with Gasteiger partial charge in [0.15, 0.2) is 0 Å². The lowest BCUT2D eigenvalue weighted by atomic mass is 9.84. The summed E-state index contributed by atoms with van der Waals surface area (Å²) in [5.74, 6) is -1.30. The first-order valence-electron chi connectivity index (χ1n) is 12.2. The highest BCUT2D eigenvalue weighted by molar-refractivity contribution is 6.09. The van der Waals surface area contributed by atoms with E-state index in [1.54, 1.807) is 13.0 Å². The second-order valence-corrected chi connectivity index (χ2v) is 10.5. The molecule has 2 aromatic carbocycles. The van der Waals surface area contributed by atoms with Crippen molar-refractivity contribution in [2.45, 2.75) is 58.9 Å². The highest BCUT2D eigenvalue weighted by Crippen LogP contribution is 2.31. The zero-order valence-corrected chi connectivity index (χ0v) is 22.0. The van der Waals surface area contributed by atoms with Gasteiger partial charge in [0.05, 0.1) is 6.54 Å². The monoisotopic (exact) mass is 492 g/mol. The van der Waals surface area contributed by atoms with E-state index in [9.17, 15) is 19.2 Å². The van der Waals surface area contributed by atoms with Crippen LogP contribution in [0.4, 0.5) is 10.5 Å². The Bertz CT molecular complexity index is 1150. The molecule has 8 nitrogen and oxygen atoms in total. The molecule has 0 aliphatic carbocycles. The van der Waals surface area contributed by atoms with Gasteiger partial charge in [0.2, 0.25) is 11.8 Å². The van der Waals surface area contributed by atoms with Crippen LogP contribution in [0.5, 0.6) is 0 Å². The fraction of sp³-hybridized carbons (Fsp3) is 0.429. The number of anilines is 1. The number of carbonyl (C=O) groups is 4. The molecule has 1 fully saturated rings. The number of para-hydroxylation sites is 1. The van der Waals surface area contributed by atoms with E-state index in [0.29, 0.717) is 24.2 Å². The Morgan fingerprint density at radius 2 is 1.69 bits per heavy atom. The fourth-order valence-corrected chi connectivity index (χ4v) is 4.21. The van der Waals surface area contributed by atoms with Gasteiger partial charge in [-0.2, -0.15) is 0 Å². The van der Waals surface area contributed by atoms with E-state index in [1.807, 2.05) is 56.3 Å². The number of aryl methyl sites for hydroxylation is 1. The largest absolute Gasteiger partial charge is 0.332 e. The van der Waals surface area contributed by atoms with E-state index in [4.69, 9.17) is 0 Å². The lowest BCUT2D eigenvalue weighted by Crippen LogP contribution is -2.46. The van der Waals surface area contributed by atoms with E-state index in [-0.39, 0.29) is 17.9 Å². The molecule has 36 heavy (non-hydrogen) atoms. The van der Waals surface area contributed by atoms with Gasteiger partial charge in [-0.05, 0) is 48.4 Å². The Hall–Kier alpha value is -3.68. The van der Waals surface area contributed by atoms with Crippen molar-refractivity contribution < 1.29 is 19.2 Å². The van der Waals surface area contributed by atoms with Crippen LogP contribution in [0.3, 0.4) is 0 Å². The van der Waals surface area contributed by atoms with Gasteiger partial charge in [0.1, 0.15) is 12.1 Å². The van der Waals surface area contributed by atoms with E-state index in [1.165, 1.54) is 4.90 Å². The number of hydrogen-bond donors (Lipinski definition) is 2. The Kier molecular flexibility index (Phi) is 7.86. The molecule has 0 spiro atoms. The van der Waals surface area contributed by atoms with E-state index >= 15 is 0 Å². The second-order valence-electron chi connectivity index (χ2n) is 10.5.